The third-order valence-electron chi connectivity index (χ3n) is 5.67. The van der Waals surface area contributed by atoms with Gasteiger partial charge >= 0.3 is 0 Å². The van der Waals surface area contributed by atoms with Crippen molar-refractivity contribution in [3.05, 3.63) is 35.9 Å². The molecule has 1 aliphatic carbocycles. The van der Waals surface area contributed by atoms with Crippen LogP contribution in [0.2, 0.25) is 0 Å². The Labute approximate surface area is 166 Å². The lowest BCUT2D eigenvalue weighted by Crippen LogP contribution is -2.45. The highest BCUT2D eigenvalue weighted by Gasteiger charge is 2.38. The zero-order valence-electron chi connectivity index (χ0n) is 15.9. The van der Waals surface area contributed by atoms with Crippen molar-refractivity contribution in [3.63, 3.8) is 0 Å². The molecule has 1 aromatic carbocycles. The number of hydrogen-bond acceptors (Lipinski definition) is 4. The summed E-state index contributed by atoms with van der Waals surface area (Å²) in [6.07, 6.45) is 8.25. The first-order valence-electron chi connectivity index (χ1n) is 10.2. The van der Waals surface area contributed by atoms with Gasteiger partial charge in [-0.25, -0.2) is 0 Å². The van der Waals surface area contributed by atoms with Gasteiger partial charge in [-0.15, -0.1) is 0 Å². The molecule has 27 heavy (non-hydrogen) atoms. The van der Waals surface area contributed by atoms with Crippen LogP contribution < -0.4 is 0 Å². The van der Waals surface area contributed by atoms with E-state index < -0.39 is 11.9 Å². The highest BCUT2D eigenvalue weighted by Crippen LogP contribution is 2.28. The van der Waals surface area contributed by atoms with Gasteiger partial charge in [0.15, 0.2) is 0 Å². The number of hydrogen-bond donors (Lipinski definition) is 0. The highest BCUT2D eigenvalue weighted by molar-refractivity contribution is 8.13. The Bertz CT molecular complexity index is 655. The maximum Gasteiger partial charge on any atom is 0.290 e. The van der Waals surface area contributed by atoms with Gasteiger partial charge in [-0.1, -0.05) is 61.4 Å². The molecule has 2 aliphatic rings. The molecule has 0 N–H and O–H groups in total. The Morgan fingerprint density at radius 3 is 2.44 bits per heavy atom. The average molecular weight is 388 g/mol. The van der Waals surface area contributed by atoms with Crippen LogP contribution in [0.1, 0.15) is 56.9 Å². The Morgan fingerprint density at radius 2 is 1.70 bits per heavy atom. The van der Waals surface area contributed by atoms with Crippen LogP contribution in [-0.2, 0) is 20.8 Å². The van der Waals surface area contributed by atoms with Crippen LogP contribution in [0.15, 0.2) is 30.3 Å². The van der Waals surface area contributed by atoms with E-state index in [0.29, 0.717) is 13.0 Å². The first-order valence-corrected chi connectivity index (χ1v) is 11.2. The van der Waals surface area contributed by atoms with E-state index in [0.717, 1.165) is 57.1 Å². The second kappa shape index (κ2) is 10.1. The number of benzene rings is 1. The maximum absolute atomic E-state index is 12.7. The molecule has 1 saturated heterocycles. The molecule has 1 atom stereocenters. The molecule has 1 aromatic rings. The summed E-state index contributed by atoms with van der Waals surface area (Å²) in [5, 5.41) is 0.0466. The number of carbonyl (C=O) groups excluding carboxylic acids is 3. The molecule has 1 saturated carbocycles. The van der Waals surface area contributed by atoms with Gasteiger partial charge in [0, 0.05) is 18.2 Å². The minimum atomic E-state index is -0.414. The topological polar surface area (TPSA) is 54.5 Å². The molecule has 0 radical (unpaired) electrons. The summed E-state index contributed by atoms with van der Waals surface area (Å²) in [5.74, 6) is -0.0460. The van der Waals surface area contributed by atoms with Crippen molar-refractivity contribution in [1.82, 2.24) is 4.90 Å². The normalized spacial score (nSPS) is 20.6. The van der Waals surface area contributed by atoms with Crippen molar-refractivity contribution in [2.45, 2.75) is 63.8 Å². The van der Waals surface area contributed by atoms with Crippen molar-refractivity contribution in [2.75, 3.05) is 12.3 Å². The average Bonchev–Trinajstić information content (AvgIpc) is 3.21. The van der Waals surface area contributed by atoms with Crippen LogP contribution in [0.25, 0.3) is 0 Å². The number of ketones is 1. The molecule has 2 fully saturated rings. The van der Waals surface area contributed by atoms with Crippen molar-refractivity contribution >= 4 is 28.6 Å². The first-order chi connectivity index (χ1) is 13.2. The van der Waals surface area contributed by atoms with Gasteiger partial charge < -0.3 is 4.90 Å². The zero-order chi connectivity index (χ0) is 19.1. The van der Waals surface area contributed by atoms with E-state index >= 15 is 0 Å². The van der Waals surface area contributed by atoms with E-state index in [1.165, 1.54) is 17.3 Å². The van der Waals surface area contributed by atoms with Gasteiger partial charge in [-0.3, -0.25) is 14.4 Å². The second-order valence-corrected chi connectivity index (χ2v) is 8.71. The standard InChI is InChI=1S/C22H29NO3S/c24-20(18-12-5-2-6-13-18)21(25)23-15-7-14-19(23)22(26)27-16-8-11-17-9-3-1-4-10-17/h1,3-4,9-10,18-19H,2,5-8,11-16H2/t19-/m0/s1. The van der Waals surface area contributed by atoms with Gasteiger partial charge in [0.1, 0.15) is 6.04 Å². The summed E-state index contributed by atoms with van der Waals surface area (Å²) < 4.78 is 0. The lowest BCUT2D eigenvalue weighted by Gasteiger charge is -2.26. The van der Waals surface area contributed by atoms with Gasteiger partial charge in [-0.05, 0) is 44.1 Å². The number of amides is 1. The van der Waals surface area contributed by atoms with Gasteiger partial charge in [0.2, 0.25) is 10.9 Å². The van der Waals surface area contributed by atoms with Crippen LogP contribution >= 0.6 is 11.8 Å². The minimum Gasteiger partial charge on any atom is -0.325 e. The van der Waals surface area contributed by atoms with Crippen molar-refractivity contribution in [2.24, 2.45) is 5.92 Å². The third-order valence-corrected chi connectivity index (χ3v) is 6.72. The van der Waals surface area contributed by atoms with Crippen molar-refractivity contribution in [1.29, 1.82) is 0 Å². The predicted octanol–water partition coefficient (Wildman–Crippen LogP) is 4.02. The molecule has 0 bridgehead atoms. The molecule has 0 spiro atoms. The molecular weight excluding hydrogens is 358 g/mol. The molecule has 1 amide bonds. The summed E-state index contributed by atoms with van der Waals surface area (Å²) in [6, 6.07) is 9.84. The van der Waals surface area contributed by atoms with E-state index in [4.69, 9.17) is 0 Å². The van der Waals surface area contributed by atoms with Crippen LogP contribution in [0.5, 0.6) is 0 Å². The fourth-order valence-corrected chi connectivity index (χ4v) is 5.05. The number of thioether (sulfide) groups is 1. The number of aryl methyl sites for hydroxylation is 1. The molecule has 0 unspecified atom stereocenters. The number of likely N-dealkylation sites (tertiary alicyclic amines) is 1. The van der Waals surface area contributed by atoms with E-state index in [2.05, 4.69) is 12.1 Å². The smallest absolute Gasteiger partial charge is 0.290 e. The number of rotatable bonds is 7. The molecule has 1 heterocycles. The molecular formula is C22H29NO3S. The molecule has 3 rings (SSSR count). The summed E-state index contributed by atoms with van der Waals surface area (Å²) in [6.45, 7) is 0.540. The van der Waals surface area contributed by atoms with E-state index in [1.54, 1.807) is 4.90 Å². The first kappa shape index (κ1) is 20.1. The summed E-state index contributed by atoms with van der Waals surface area (Å²) >= 11 is 1.32. The predicted molar refractivity (Wildman–Crippen MR) is 109 cm³/mol. The van der Waals surface area contributed by atoms with Crippen LogP contribution in [-0.4, -0.2) is 40.0 Å². The molecule has 0 aromatic heterocycles. The fraction of sp³-hybridized carbons (Fsp3) is 0.591. The second-order valence-electron chi connectivity index (χ2n) is 7.61. The lowest BCUT2D eigenvalue weighted by atomic mass is 9.86. The molecule has 4 nitrogen and oxygen atoms in total. The maximum atomic E-state index is 12.7. The summed E-state index contributed by atoms with van der Waals surface area (Å²) in [7, 11) is 0. The van der Waals surface area contributed by atoms with Gasteiger partial charge in [0.05, 0.1) is 0 Å². The number of carbonyl (C=O) groups is 3. The third kappa shape index (κ3) is 5.44. The molecule has 1 aliphatic heterocycles. The Kier molecular flexibility index (Phi) is 7.50. The molecule has 5 heteroatoms. The van der Waals surface area contributed by atoms with E-state index in [-0.39, 0.29) is 16.8 Å². The number of nitrogens with zero attached hydrogens (tertiary/aromatic N) is 1. The summed E-state index contributed by atoms with van der Waals surface area (Å²) in [4.78, 5) is 39.4. The van der Waals surface area contributed by atoms with Crippen LogP contribution in [0, 0.1) is 5.92 Å². The fourth-order valence-electron chi connectivity index (χ4n) is 4.13. The number of Topliss-reactive ketones (excluding diaryl/α,β-unsaturated/α-hetero) is 1. The van der Waals surface area contributed by atoms with Crippen molar-refractivity contribution in [3.8, 4) is 0 Å². The van der Waals surface area contributed by atoms with Gasteiger partial charge in [0.25, 0.3) is 5.91 Å². The van der Waals surface area contributed by atoms with E-state index in [1.807, 2.05) is 18.2 Å². The van der Waals surface area contributed by atoms with Crippen LogP contribution in [0.4, 0.5) is 0 Å². The van der Waals surface area contributed by atoms with E-state index in [9.17, 15) is 14.4 Å². The minimum absolute atomic E-state index is 0.0466. The Balaban J connectivity index is 1.47. The Hall–Kier alpha value is -1.62. The SMILES string of the molecule is O=C(C(=O)N1CCC[C@H]1C(=O)SCCCc1ccccc1)C1CCCCC1. The quantitative estimate of drug-likeness (QED) is 0.524. The zero-order valence-corrected chi connectivity index (χ0v) is 16.7. The van der Waals surface area contributed by atoms with Crippen LogP contribution in [0.3, 0.4) is 0 Å². The lowest BCUT2D eigenvalue weighted by molar-refractivity contribution is -0.148. The largest absolute Gasteiger partial charge is 0.325 e. The van der Waals surface area contributed by atoms with Gasteiger partial charge in [-0.2, -0.15) is 0 Å². The van der Waals surface area contributed by atoms with Crippen molar-refractivity contribution < 1.29 is 14.4 Å². The highest BCUT2D eigenvalue weighted by atomic mass is 32.2. The molecule has 146 valence electrons. The monoisotopic (exact) mass is 387 g/mol. The Morgan fingerprint density at radius 1 is 0.963 bits per heavy atom. The summed E-state index contributed by atoms with van der Waals surface area (Å²) in [5.41, 5.74) is 1.28.